The minimum Gasteiger partial charge on any atom is -0.492 e. The van der Waals surface area contributed by atoms with Crippen LogP contribution in [0.1, 0.15) is 59.8 Å². The van der Waals surface area contributed by atoms with Gasteiger partial charge in [0.1, 0.15) is 18.1 Å². The molecule has 1 N–H and O–H groups in total. The molecule has 7 heteroatoms. The first-order valence-corrected chi connectivity index (χ1v) is 13.6. The van der Waals surface area contributed by atoms with E-state index in [4.69, 9.17) is 26.2 Å². The molecule has 2 heterocycles. The number of halogens is 2. The quantitative estimate of drug-likeness (QED) is 0.332. The molecule has 0 bridgehead atoms. The van der Waals surface area contributed by atoms with Gasteiger partial charge in [-0.05, 0) is 67.4 Å². The molecule has 3 aliphatic rings. The van der Waals surface area contributed by atoms with E-state index in [1.54, 1.807) is 0 Å². The monoisotopic (exact) mass is 553 g/mol. The van der Waals surface area contributed by atoms with Crippen molar-refractivity contribution >= 4 is 30.0 Å². The summed E-state index contributed by atoms with van der Waals surface area (Å²) in [5.74, 6) is 2.07. The van der Waals surface area contributed by atoms with Crippen molar-refractivity contribution in [2.75, 3.05) is 26.2 Å². The molecule has 200 valence electrons. The number of carboxylic acids is 1. The normalized spacial score (nSPS) is 21.3. The summed E-state index contributed by atoms with van der Waals surface area (Å²) in [6.07, 6.45) is 3.33. The van der Waals surface area contributed by atoms with Gasteiger partial charge in [-0.15, -0.1) is 12.4 Å². The van der Waals surface area contributed by atoms with E-state index in [1.165, 1.54) is 23.1 Å². The van der Waals surface area contributed by atoms with Crippen molar-refractivity contribution in [3.63, 3.8) is 0 Å². The topological polar surface area (TPSA) is 59.0 Å². The number of aliphatic carboxylic acids is 1. The Morgan fingerprint density at radius 1 is 1.03 bits per heavy atom. The summed E-state index contributed by atoms with van der Waals surface area (Å²) < 4.78 is 12.3. The van der Waals surface area contributed by atoms with Crippen LogP contribution in [0.25, 0.3) is 0 Å². The van der Waals surface area contributed by atoms with Crippen molar-refractivity contribution in [2.24, 2.45) is 0 Å². The lowest BCUT2D eigenvalue weighted by molar-refractivity contribution is -0.137. The second-order valence-corrected chi connectivity index (χ2v) is 11.1. The average Bonchev–Trinajstić information content (AvgIpc) is 3.65. The molecule has 5 nitrogen and oxygen atoms in total. The van der Waals surface area contributed by atoms with E-state index in [1.807, 2.05) is 18.2 Å². The van der Waals surface area contributed by atoms with Crippen LogP contribution in [0.3, 0.4) is 0 Å². The van der Waals surface area contributed by atoms with E-state index in [2.05, 4.69) is 53.4 Å². The molecule has 3 aromatic rings. The van der Waals surface area contributed by atoms with Crippen LogP contribution in [0, 0.1) is 0 Å². The molecule has 2 fully saturated rings. The molecule has 2 aliphatic heterocycles. The number of fused-ring (bicyclic) bond motifs is 2. The van der Waals surface area contributed by atoms with Crippen molar-refractivity contribution in [3.8, 4) is 11.5 Å². The molecule has 1 aliphatic carbocycles. The largest absolute Gasteiger partial charge is 0.492 e. The lowest BCUT2D eigenvalue weighted by Gasteiger charge is -2.38. The van der Waals surface area contributed by atoms with Gasteiger partial charge in [0.15, 0.2) is 0 Å². The molecular weight excluding hydrogens is 521 g/mol. The first-order valence-electron chi connectivity index (χ1n) is 13.2. The van der Waals surface area contributed by atoms with E-state index >= 15 is 0 Å². The third kappa shape index (κ3) is 5.51. The number of carboxylic acid groups (broad SMARTS) is 1. The molecule has 2 unspecified atom stereocenters. The lowest BCUT2D eigenvalue weighted by atomic mass is 9.74. The second-order valence-electron chi connectivity index (χ2n) is 10.7. The maximum Gasteiger partial charge on any atom is 0.304 e. The van der Waals surface area contributed by atoms with Gasteiger partial charge in [-0.25, -0.2) is 0 Å². The van der Waals surface area contributed by atoms with Crippen molar-refractivity contribution in [2.45, 2.75) is 49.5 Å². The molecule has 2 atom stereocenters. The highest BCUT2D eigenvalue weighted by atomic mass is 35.5. The SMILES string of the molecule is Cl.O=C(O)CCN1CCC2(CC1)COc1cc(OCc3cc(C4CC4c4ccccc4)ccc3Cl)ccc12. The minimum atomic E-state index is -0.737. The van der Waals surface area contributed by atoms with Crippen molar-refractivity contribution < 1.29 is 19.4 Å². The van der Waals surface area contributed by atoms with Gasteiger partial charge in [-0.2, -0.15) is 0 Å². The van der Waals surface area contributed by atoms with Gasteiger partial charge in [0, 0.05) is 34.2 Å². The van der Waals surface area contributed by atoms with Gasteiger partial charge >= 0.3 is 5.97 Å². The van der Waals surface area contributed by atoms with E-state index in [0.29, 0.717) is 31.6 Å². The third-order valence-corrected chi connectivity index (χ3v) is 8.76. The number of carbonyl (C=O) groups is 1. The number of piperidine rings is 1. The summed E-state index contributed by atoms with van der Waals surface area (Å²) in [6.45, 7) is 3.50. The Bertz CT molecular complexity index is 1290. The molecule has 38 heavy (non-hydrogen) atoms. The van der Waals surface area contributed by atoms with E-state index < -0.39 is 5.97 Å². The maximum atomic E-state index is 10.9. The van der Waals surface area contributed by atoms with Gasteiger partial charge in [0.2, 0.25) is 0 Å². The Hall–Kier alpha value is -2.73. The molecular formula is C31H33Cl2NO4. The number of rotatable bonds is 8. The average molecular weight is 555 g/mol. The summed E-state index contributed by atoms with van der Waals surface area (Å²) in [5.41, 5.74) is 5.00. The zero-order chi connectivity index (χ0) is 25.4. The molecule has 6 rings (SSSR count). The lowest BCUT2D eigenvalue weighted by Crippen LogP contribution is -2.44. The van der Waals surface area contributed by atoms with Crippen LogP contribution in [0.4, 0.5) is 0 Å². The maximum absolute atomic E-state index is 10.9. The molecule has 0 radical (unpaired) electrons. The standard InChI is InChI=1S/C31H32ClNO4.ClH/c32-28-9-6-22(26-18-25(26)21-4-2-1-3-5-21)16-23(28)19-36-24-7-8-27-29(17-24)37-20-31(27)11-14-33(15-12-31)13-10-30(34)35;/h1-9,16-17,25-26H,10-15,18-20H2,(H,34,35);1H. The number of hydrogen-bond acceptors (Lipinski definition) is 4. The Kier molecular flexibility index (Phi) is 7.90. The zero-order valence-electron chi connectivity index (χ0n) is 21.3. The molecule has 1 saturated heterocycles. The van der Waals surface area contributed by atoms with E-state index in [0.717, 1.165) is 48.0 Å². The number of nitrogens with zero attached hydrogens (tertiary/aromatic N) is 1. The first kappa shape index (κ1) is 26.9. The van der Waals surface area contributed by atoms with Gasteiger partial charge in [-0.3, -0.25) is 4.79 Å². The molecule has 0 aromatic heterocycles. The Labute approximate surface area is 235 Å². The molecule has 1 spiro atoms. The number of ether oxygens (including phenoxy) is 2. The van der Waals surface area contributed by atoms with Crippen LogP contribution < -0.4 is 9.47 Å². The van der Waals surface area contributed by atoms with Crippen LogP contribution in [-0.4, -0.2) is 42.2 Å². The summed E-state index contributed by atoms with van der Waals surface area (Å²) in [7, 11) is 0. The first-order chi connectivity index (χ1) is 18.0. The highest BCUT2D eigenvalue weighted by Crippen LogP contribution is 2.55. The Morgan fingerprint density at radius 2 is 1.79 bits per heavy atom. The fraction of sp³-hybridized carbons (Fsp3) is 0.387. The smallest absolute Gasteiger partial charge is 0.304 e. The Morgan fingerprint density at radius 3 is 2.55 bits per heavy atom. The van der Waals surface area contributed by atoms with Gasteiger partial charge in [0.25, 0.3) is 0 Å². The predicted octanol–water partition coefficient (Wildman–Crippen LogP) is 6.81. The number of benzene rings is 3. The number of likely N-dealkylation sites (tertiary alicyclic amines) is 1. The summed E-state index contributed by atoms with van der Waals surface area (Å²) >= 11 is 6.54. The van der Waals surface area contributed by atoms with Crippen molar-refractivity contribution in [1.82, 2.24) is 4.90 Å². The molecule has 0 amide bonds. The van der Waals surface area contributed by atoms with Crippen LogP contribution >= 0.6 is 24.0 Å². The van der Waals surface area contributed by atoms with Crippen LogP contribution in [0.2, 0.25) is 5.02 Å². The van der Waals surface area contributed by atoms with Gasteiger partial charge in [-0.1, -0.05) is 60.1 Å². The highest BCUT2D eigenvalue weighted by molar-refractivity contribution is 6.31. The fourth-order valence-electron chi connectivity index (χ4n) is 6.04. The van der Waals surface area contributed by atoms with Crippen molar-refractivity contribution in [1.29, 1.82) is 0 Å². The highest BCUT2D eigenvalue weighted by Gasteiger charge is 2.43. The van der Waals surface area contributed by atoms with Gasteiger partial charge in [0.05, 0.1) is 13.0 Å². The summed E-state index contributed by atoms with van der Waals surface area (Å²) in [5, 5.41) is 9.69. The molecule has 1 saturated carbocycles. The van der Waals surface area contributed by atoms with E-state index in [-0.39, 0.29) is 24.2 Å². The van der Waals surface area contributed by atoms with Gasteiger partial charge < -0.3 is 19.5 Å². The van der Waals surface area contributed by atoms with Crippen LogP contribution in [0.5, 0.6) is 11.5 Å². The summed E-state index contributed by atoms with van der Waals surface area (Å²) in [6, 6.07) is 23.3. The van der Waals surface area contributed by atoms with Crippen LogP contribution in [0.15, 0.2) is 66.7 Å². The third-order valence-electron chi connectivity index (χ3n) is 8.39. The zero-order valence-corrected chi connectivity index (χ0v) is 22.8. The summed E-state index contributed by atoms with van der Waals surface area (Å²) in [4.78, 5) is 13.1. The fourth-order valence-corrected chi connectivity index (χ4v) is 6.22. The molecule has 3 aromatic carbocycles. The van der Waals surface area contributed by atoms with E-state index in [9.17, 15) is 4.79 Å². The van der Waals surface area contributed by atoms with Crippen molar-refractivity contribution in [3.05, 3.63) is 94.0 Å². The number of hydrogen-bond donors (Lipinski definition) is 1. The predicted molar refractivity (Wildman–Crippen MR) is 151 cm³/mol. The van der Waals surface area contributed by atoms with Crippen LogP contribution in [-0.2, 0) is 16.8 Å². The minimum absolute atomic E-state index is 0. The Balaban J connectivity index is 0.00000294. The second kappa shape index (κ2) is 11.2.